The van der Waals surface area contributed by atoms with Gasteiger partial charge in [-0.1, -0.05) is 12.1 Å². The van der Waals surface area contributed by atoms with E-state index in [4.69, 9.17) is 16.4 Å². The van der Waals surface area contributed by atoms with Crippen molar-refractivity contribution >= 4 is 23.5 Å². The molecule has 0 aliphatic heterocycles. The largest absolute Gasteiger partial charge is 0.397 e. The maximum absolute atomic E-state index is 8.92. The van der Waals surface area contributed by atoms with Crippen LogP contribution in [0.4, 0.5) is 17.3 Å². The number of nitriles is 1. The molecule has 2 aromatic heterocycles. The molecule has 0 saturated carbocycles. The number of nitrogens with two attached hydrogens (primary N) is 1. The van der Waals surface area contributed by atoms with Crippen molar-refractivity contribution in [2.45, 2.75) is 0 Å². The van der Waals surface area contributed by atoms with Crippen LogP contribution in [-0.2, 0) is 0 Å². The van der Waals surface area contributed by atoms with Gasteiger partial charge in [-0.25, -0.2) is 9.97 Å². The van der Waals surface area contributed by atoms with E-state index < -0.39 is 0 Å². The highest BCUT2D eigenvalue weighted by molar-refractivity contribution is 5.89. The number of pyridine rings is 1. The number of hydrogen-bond acceptors (Lipinski definition) is 7. The zero-order valence-electron chi connectivity index (χ0n) is 12.6. The highest BCUT2D eigenvalue weighted by Crippen LogP contribution is 2.27. The van der Waals surface area contributed by atoms with Crippen LogP contribution in [-0.4, -0.2) is 21.2 Å². The van der Waals surface area contributed by atoms with Crippen molar-refractivity contribution < 1.29 is 0 Å². The first-order chi connectivity index (χ1) is 11.7. The van der Waals surface area contributed by atoms with Crippen molar-refractivity contribution in [1.82, 2.24) is 15.0 Å². The summed E-state index contributed by atoms with van der Waals surface area (Å²) in [5, 5.41) is 19.5. The minimum absolute atomic E-state index is 0.264. The third-order valence-electron chi connectivity index (χ3n) is 3.32. The number of hydrogen-bond donors (Lipinski definition) is 3. The average molecular weight is 315 g/mol. The van der Waals surface area contributed by atoms with Gasteiger partial charge in [0.25, 0.3) is 0 Å². The van der Waals surface area contributed by atoms with Crippen LogP contribution < -0.4 is 11.1 Å². The third-order valence-corrected chi connectivity index (χ3v) is 3.32. The highest BCUT2D eigenvalue weighted by atomic mass is 15.1. The van der Waals surface area contributed by atoms with E-state index in [0.29, 0.717) is 22.9 Å². The summed E-state index contributed by atoms with van der Waals surface area (Å²) in [6, 6.07) is 10.9. The van der Waals surface area contributed by atoms with Crippen LogP contribution in [0, 0.1) is 16.7 Å². The Balaban J connectivity index is 2.01. The summed E-state index contributed by atoms with van der Waals surface area (Å²) in [5.41, 5.74) is 9.69. The van der Waals surface area contributed by atoms with Gasteiger partial charge in [-0.2, -0.15) is 5.26 Å². The van der Waals surface area contributed by atoms with Crippen LogP contribution in [0.25, 0.3) is 11.1 Å². The Kier molecular flexibility index (Phi) is 4.12. The molecule has 7 nitrogen and oxygen atoms in total. The summed E-state index contributed by atoms with van der Waals surface area (Å²) in [4.78, 5) is 12.3. The first kappa shape index (κ1) is 15.1. The zero-order valence-corrected chi connectivity index (χ0v) is 12.6. The molecule has 0 spiro atoms. The molecule has 4 N–H and O–H groups in total. The van der Waals surface area contributed by atoms with Crippen molar-refractivity contribution in [3.8, 4) is 17.2 Å². The van der Waals surface area contributed by atoms with Crippen molar-refractivity contribution in [3.05, 3.63) is 60.2 Å². The van der Waals surface area contributed by atoms with E-state index in [0.717, 1.165) is 11.1 Å². The first-order valence-corrected chi connectivity index (χ1v) is 7.05. The fourth-order valence-corrected chi connectivity index (χ4v) is 2.19. The molecule has 0 aliphatic carbocycles. The van der Waals surface area contributed by atoms with Gasteiger partial charge >= 0.3 is 0 Å². The van der Waals surface area contributed by atoms with E-state index >= 15 is 0 Å². The number of benzene rings is 1. The number of nitrogens with one attached hydrogen (secondary N) is 2. The minimum Gasteiger partial charge on any atom is -0.397 e. The number of nitrogens with zero attached hydrogens (tertiary/aromatic N) is 4. The van der Waals surface area contributed by atoms with Crippen LogP contribution >= 0.6 is 0 Å². The Bertz CT molecular complexity index is 944. The van der Waals surface area contributed by atoms with E-state index in [1.54, 1.807) is 12.4 Å². The second-order valence-electron chi connectivity index (χ2n) is 4.96. The Labute approximate surface area is 138 Å². The predicted molar refractivity (Wildman–Crippen MR) is 92.0 cm³/mol. The second kappa shape index (κ2) is 6.54. The lowest BCUT2D eigenvalue weighted by molar-refractivity contribution is 1.14. The summed E-state index contributed by atoms with van der Waals surface area (Å²) in [7, 11) is 0. The van der Waals surface area contributed by atoms with Gasteiger partial charge in [0.1, 0.15) is 11.8 Å². The van der Waals surface area contributed by atoms with Gasteiger partial charge in [0.2, 0.25) is 5.95 Å². The highest BCUT2D eigenvalue weighted by Gasteiger charge is 2.07. The topological polar surface area (TPSA) is 124 Å². The minimum atomic E-state index is 0.264. The maximum atomic E-state index is 8.92. The molecule has 0 saturated heterocycles. The molecule has 3 aromatic rings. The van der Waals surface area contributed by atoms with E-state index in [2.05, 4.69) is 20.3 Å². The molecule has 116 valence electrons. The number of rotatable bonds is 4. The van der Waals surface area contributed by atoms with Gasteiger partial charge < -0.3 is 16.5 Å². The molecule has 3 rings (SSSR count). The van der Waals surface area contributed by atoms with Gasteiger partial charge in [-0.05, 0) is 23.8 Å². The SMILES string of the molecule is N#Cc1ccnc(Nc2cc(-c3cncc(N)c3)ccc2C=N)n1. The molecule has 2 heterocycles. The molecule has 0 radical (unpaired) electrons. The molecule has 0 bridgehead atoms. The second-order valence-corrected chi connectivity index (χ2v) is 4.96. The zero-order chi connectivity index (χ0) is 16.9. The van der Waals surface area contributed by atoms with E-state index in [9.17, 15) is 0 Å². The maximum Gasteiger partial charge on any atom is 0.228 e. The monoisotopic (exact) mass is 315 g/mol. The first-order valence-electron chi connectivity index (χ1n) is 7.05. The van der Waals surface area contributed by atoms with Gasteiger partial charge in [0, 0.05) is 35.9 Å². The fraction of sp³-hybridized carbons (Fsp3) is 0. The van der Waals surface area contributed by atoms with Crippen LogP contribution in [0.3, 0.4) is 0 Å². The molecule has 1 aromatic carbocycles. The third kappa shape index (κ3) is 3.18. The smallest absolute Gasteiger partial charge is 0.228 e. The van der Waals surface area contributed by atoms with Crippen LogP contribution in [0.2, 0.25) is 0 Å². The van der Waals surface area contributed by atoms with Crippen LogP contribution in [0.1, 0.15) is 11.3 Å². The lowest BCUT2D eigenvalue weighted by atomic mass is 10.0. The average Bonchev–Trinajstić information content (AvgIpc) is 2.62. The van der Waals surface area contributed by atoms with Crippen molar-refractivity contribution in [2.24, 2.45) is 0 Å². The summed E-state index contributed by atoms with van der Waals surface area (Å²) in [5.74, 6) is 0.292. The van der Waals surface area contributed by atoms with E-state index in [-0.39, 0.29) is 5.69 Å². The number of anilines is 3. The van der Waals surface area contributed by atoms with Gasteiger partial charge in [-0.3, -0.25) is 4.98 Å². The fourth-order valence-electron chi connectivity index (χ4n) is 2.19. The molecule has 24 heavy (non-hydrogen) atoms. The predicted octanol–water partition coefficient (Wildman–Crippen LogP) is 2.73. The lowest BCUT2D eigenvalue weighted by Crippen LogP contribution is -2.01. The number of aromatic nitrogens is 3. The van der Waals surface area contributed by atoms with Gasteiger partial charge in [0.15, 0.2) is 0 Å². The van der Waals surface area contributed by atoms with Crippen molar-refractivity contribution in [1.29, 1.82) is 10.7 Å². The van der Waals surface area contributed by atoms with Gasteiger partial charge in [-0.15, -0.1) is 0 Å². The summed E-state index contributed by atoms with van der Waals surface area (Å²) in [6.07, 6.45) is 6.03. The van der Waals surface area contributed by atoms with Crippen LogP contribution in [0.15, 0.2) is 48.9 Å². The Morgan fingerprint density at radius 1 is 1.17 bits per heavy atom. The quantitative estimate of drug-likeness (QED) is 0.636. The molecular weight excluding hydrogens is 302 g/mol. The summed E-state index contributed by atoms with van der Waals surface area (Å²) >= 11 is 0. The lowest BCUT2D eigenvalue weighted by Gasteiger charge is -2.11. The molecule has 0 amide bonds. The normalized spacial score (nSPS) is 9.96. The van der Waals surface area contributed by atoms with E-state index in [1.165, 1.54) is 18.5 Å². The van der Waals surface area contributed by atoms with Gasteiger partial charge in [0.05, 0.1) is 11.4 Å². The molecule has 0 aliphatic rings. The molecule has 0 unspecified atom stereocenters. The molecular formula is C17H13N7. The molecule has 0 atom stereocenters. The summed E-state index contributed by atoms with van der Waals surface area (Å²) in [6.45, 7) is 0. The van der Waals surface area contributed by atoms with E-state index in [1.807, 2.05) is 30.3 Å². The Morgan fingerprint density at radius 3 is 2.79 bits per heavy atom. The Morgan fingerprint density at radius 2 is 2.04 bits per heavy atom. The van der Waals surface area contributed by atoms with Crippen molar-refractivity contribution in [3.63, 3.8) is 0 Å². The molecule has 7 heteroatoms. The number of nitrogen functional groups attached to an aromatic ring is 1. The van der Waals surface area contributed by atoms with Crippen LogP contribution in [0.5, 0.6) is 0 Å². The standard InChI is InChI=1S/C17H13N7/c18-7-12-2-1-11(13-5-14(20)10-21-9-13)6-16(12)24-17-22-4-3-15(8-19)23-17/h1-7,9-10,18H,20H2,(H,22,23,24). The Hall–Kier alpha value is -3.79. The molecule has 0 fully saturated rings. The summed E-state index contributed by atoms with van der Waals surface area (Å²) < 4.78 is 0. The van der Waals surface area contributed by atoms with Crippen molar-refractivity contribution in [2.75, 3.05) is 11.1 Å².